The molecule has 0 spiro atoms. The third-order valence-corrected chi connectivity index (χ3v) is 5.05. The number of nitrogen functional groups attached to an aromatic ring is 1. The van der Waals surface area contributed by atoms with Gasteiger partial charge < -0.3 is 20.3 Å². The average molecular weight is 453 g/mol. The van der Waals surface area contributed by atoms with Gasteiger partial charge in [-0.3, -0.25) is 4.79 Å². The highest BCUT2D eigenvalue weighted by Crippen LogP contribution is 2.32. The van der Waals surface area contributed by atoms with E-state index in [0.717, 1.165) is 39.9 Å². The SMILES string of the molecule is COCCNC(=O)c1cccc(CCc2ccc(N)cc2-c2noc3ccccc23)n1.Cl. The van der Waals surface area contributed by atoms with Gasteiger partial charge in [-0.15, -0.1) is 12.4 Å². The molecular formula is C24H25ClN4O3. The van der Waals surface area contributed by atoms with Gasteiger partial charge in [0.25, 0.3) is 5.91 Å². The zero-order valence-corrected chi connectivity index (χ0v) is 18.5. The molecule has 32 heavy (non-hydrogen) atoms. The third kappa shape index (κ3) is 5.25. The van der Waals surface area contributed by atoms with Crippen LogP contribution in [0.15, 0.2) is 65.2 Å². The number of hydrogen-bond donors (Lipinski definition) is 2. The number of nitrogens with one attached hydrogen (secondary N) is 1. The predicted molar refractivity (Wildman–Crippen MR) is 127 cm³/mol. The lowest BCUT2D eigenvalue weighted by atomic mass is 9.97. The minimum atomic E-state index is -0.207. The number of hydrogen-bond acceptors (Lipinski definition) is 6. The van der Waals surface area contributed by atoms with E-state index >= 15 is 0 Å². The summed E-state index contributed by atoms with van der Waals surface area (Å²) in [7, 11) is 1.60. The summed E-state index contributed by atoms with van der Waals surface area (Å²) in [6.07, 6.45) is 1.39. The van der Waals surface area contributed by atoms with E-state index in [1.807, 2.05) is 54.6 Å². The smallest absolute Gasteiger partial charge is 0.269 e. The van der Waals surface area contributed by atoms with E-state index in [-0.39, 0.29) is 18.3 Å². The monoisotopic (exact) mass is 452 g/mol. The molecule has 0 aliphatic carbocycles. The highest BCUT2D eigenvalue weighted by molar-refractivity contribution is 5.93. The van der Waals surface area contributed by atoms with Crippen molar-refractivity contribution in [2.45, 2.75) is 12.8 Å². The molecule has 0 fully saturated rings. The van der Waals surface area contributed by atoms with Crippen LogP contribution in [0.2, 0.25) is 0 Å². The van der Waals surface area contributed by atoms with Crippen molar-refractivity contribution in [1.29, 1.82) is 0 Å². The van der Waals surface area contributed by atoms with Crippen LogP contribution in [0.1, 0.15) is 21.7 Å². The molecule has 0 atom stereocenters. The maximum absolute atomic E-state index is 12.3. The Kier molecular flexibility index (Phi) is 7.81. The number of amides is 1. The number of carbonyl (C=O) groups excluding carboxylic acids is 1. The molecule has 2 aromatic carbocycles. The third-order valence-electron chi connectivity index (χ3n) is 5.05. The van der Waals surface area contributed by atoms with E-state index in [4.69, 9.17) is 15.0 Å². The summed E-state index contributed by atoms with van der Waals surface area (Å²) in [5.41, 5.74) is 11.5. The van der Waals surface area contributed by atoms with Gasteiger partial charge in [0.05, 0.1) is 6.61 Å². The Balaban J connectivity index is 0.00000289. The minimum absolute atomic E-state index is 0. The van der Waals surface area contributed by atoms with Gasteiger partial charge in [-0.25, -0.2) is 4.98 Å². The van der Waals surface area contributed by atoms with Crippen LogP contribution in [0.5, 0.6) is 0 Å². The van der Waals surface area contributed by atoms with Crippen molar-refractivity contribution in [3.63, 3.8) is 0 Å². The van der Waals surface area contributed by atoms with E-state index < -0.39 is 0 Å². The Morgan fingerprint density at radius 2 is 1.94 bits per heavy atom. The van der Waals surface area contributed by atoms with Crippen LogP contribution in [0.25, 0.3) is 22.2 Å². The van der Waals surface area contributed by atoms with Crippen molar-refractivity contribution in [2.24, 2.45) is 0 Å². The predicted octanol–water partition coefficient (Wildman–Crippen LogP) is 4.06. The molecule has 0 radical (unpaired) electrons. The molecule has 3 N–H and O–H groups in total. The van der Waals surface area contributed by atoms with Gasteiger partial charge in [0.2, 0.25) is 0 Å². The Morgan fingerprint density at radius 3 is 2.78 bits per heavy atom. The number of para-hydroxylation sites is 1. The fourth-order valence-corrected chi connectivity index (χ4v) is 3.48. The zero-order chi connectivity index (χ0) is 21.6. The number of carbonyl (C=O) groups is 1. The first-order valence-corrected chi connectivity index (χ1v) is 10.1. The largest absolute Gasteiger partial charge is 0.399 e. The van der Waals surface area contributed by atoms with Gasteiger partial charge in [-0.05, 0) is 54.8 Å². The fourth-order valence-electron chi connectivity index (χ4n) is 3.48. The second-order valence-electron chi connectivity index (χ2n) is 7.21. The molecule has 0 bridgehead atoms. The number of halogens is 1. The Hall–Kier alpha value is -3.42. The summed E-state index contributed by atoms with van der Waals surface area (Å²) in [4.78, 5) is 16.8. The molecule has 4 rings (SSSR count). The molecule has 0 aliphatic rings. The molecule has 7 nitrogen and oxygen atoms in total. The maximum atomic E-state index is 12.3. The van der Waals surface area contributed by atoms with Gasteiger partial charge in [0.1, 0.15) is 11.4 Å². The molecule has 0 saturated carbocycles. The van der Waals surface area contributed by atoms with Crippen molar-refractivity contribution >= 4 is 35.0 Å². The normalized spacial score (nSPS) is 10.7. The van der Waals surface area contributed by atoms with E-state index in [1.165, 1.54) is 0 Å². The van der Waals surface area contributed by atoms with Crippen molar-refractivity contribution in [3.05, 3.63) is 77.6 Å². The summed E-state index contributed by atoms with van der Waals surface area (Å²) < 4.78 is 10.4. The van der Waals surface area contributed by atoms with Gasteiger partial charge in [0.15, 0.2) is 5.58 Å². The molecule has 4 aromatic rings. The van der Waals surface area contributed by atoms with Crippen LogP contribution in [0.4, 0.5) is 5.69 Å². The van der Waals surface area contributed by atoms with Crippen LogP contribution >= 0.6 is 12.4 Å². The second-order valence-corrected chi connectivity index (χ2v) is 7.21. The summed E-state index contributed by atoms with van der Waals surface area (Å²) in [6.45, 7) is 0.907. The number of aromatic nitrogens is 2. The van der Waals surface area contributed by atoms with Crippen molar-refractivity contribution in [3.8, 4) is 11.3 Å². The quantitative estimate of drug-likeness (QED) is 0.308. The topological polar surface area (TPSA) is 103 Å². The van der Waals surface area contributed by atoms with E-state index in [9.17, 15) is 4.79 Å². The molecular weight excluding hydrogens is 428 g/mol. The summed E-state index contributed by atoms with van der Waals surface area (Å²) >= 11 is 0. The highest BCUT2D eigenvalue weighted by Gasteiger charge is 2.15. The zero-order valence-electron chi connectivity index (χ0n) is 17.7. The molecule has 2 aromatic heterocycles. The van der Waals surface area contributed by atoms with Gasteiger partial charge in [-0.2, -0.15) is 0 Å². The average Bonchev–Trinajstić information content (AvgIpc) is 3.22. The van der Waals surface area contributed by atoms with E-state index in [1.54, 1.807) is 13.2 Å². The number of anilines is 1. The number of nitrogens with zero attached hydrogens (tertiary/aromatic N) is 2. The first kappa shape index (κ1) is 23.2. The number of methoxy groups -OCH3 is 1. The molecule has 0 saturated heterocycles. The van der Waals surface area contributed by atoms with Gasteiger partial charge in [-0.1, -0.05) is 29.4 Å². The lowest BCUT2D eigenvalue weighted by Crippen LogP contribution is -2.27. The highest BCUT2D eigenvalue weighted by atomic mass is 35.5. The van der Waals surface area contributed by atoms with Gasteiger partial charge in [0, 0.05) is 36.0 Å². The number of fused-ring (bicyclic) bond motifs is 1. The number of pyridine rings is 1. The summed E-state index contributed by atoms with van der Waals surface area (Å²) in [6, 6.07) is 19.1. The molecule has 0 unspecified atom stereocenters. The molecule has 166 valence electrons. The number of benzene rings is 2. The van der Waals surface area contributed by atoms with Crippen LogP contribution in [0.3, 0.4) is 0 Å². The van der Waals surface area contributed by atoms with Crippen LogP contribution in [-0.4, -0.2) is 36.3 Å². The first-order valence-electron chi connectivity index (χ1n) is 10.1. The lowest BCUT2D eigenvalue weighted by molar-refractivity contribution is 0.0932. The van der Waals surface area contributed by atoms with E-state index in [2.05, 4.69) is 15.5 Å². The number of nitrogens with two attached hydrogens (primary N) is 1. The van der Waals surface area contributed by atoms with Crippen LogP contribution in [-0.2, 0) is 17.6 Å². The summed E-state index contributed by atoms with van der Waals surface area (Å²) in [5, 5.41) is 8.03. The van der Waals surface area contributed by atoms with Crippen molar-refractivity contribution < 1.29 is 14.1 Å². The molecule has 8 heteroatoms. The van der Waals surface area contributed by atoms with Gasteiger partial charge >= 0.3 is 0 Å². The number of aryl methyl sites for hydroxylation is 2. The number of rotatable bonds is 8. The second kappa shape index (κ2) is 10.7. The Labute approximate surface area is 192 Å². The van der Waals surface area contributed by atoms with E-state index in [0.29, 0.717) is 31.0 Å². The first-order chi connectivity index (χ1) is 15.2. The minimum Gasteiger partial charge on any atom is -0.399 e. The van der Waals surface area contributed by atoms with Crippen LogP contribution < -0.4 is 11.1 Å². The summed E-state index contributed by atoms with van der Waals surface area (Å²) in [5.74, 6) is -0.207. The van der Waals surface area contributed by atoms with Crippen LogP contribution in [0, 0.1) is 0 Å². The molecule has 0 aliphatic heterocycles. The lowest BCUT2D eigenvalue weighted by Gasteiger charge is -2.10. The maximum Gasteiger partial charge on any atom is 0.269 e. The van der Waals surface area contributed by atoms with Crippen molar-refractivity contribution in [2.75, 3.05) is 26.0 Å². The Bertz CT molecular complexity index is 1210. The van der Waals surface area contributed by atoms with Crippen molar-refractivity contribution in [1.82, 2.24) is 15.5 Å². The molecule has 2 heterocycles. The fraction of sp³-hybridized carbons (Fsp3) is 0.208. The Morgan fingerprint density at radius 1 is 1.09 bits per heavy atom. The standard InChI is InChI=1S/C24H24N4O3.ClH/c1-30-14-13-26-24(29)21-7-4-5-18(27-21)12-10-16-9-11-17(25)15-20(16)23-19-6-2-3-8-22(19)31-28-23;/h2-9,11,15H,10,12-14,25H2,1H3,(H,26,29);1H. The molecule has 1 amide bonds. The number of ether oxygens (including phenoxy) is 1.